The molecule has 8 nitrogen and oxygen atoms in total. The number of benzene rings is 3. The highest BCUT2D eigenvalue weighted by Gasteiger charge is 2.67. The zero-order valence-corrected chi connectivity index (χ0v) is 16.9. The van der Waals surface area contributed by atoms with Crippen LogP contribution in [0.25, 0.3) is 0 Å². The van der Waals surface area contributed by atoms with Crippen molar-refractivity contribution in [1.29, 1.82) is 0 Å². The molecule has 3 aromatic carbocycles. The Morgan fingerprint density at radius 2 is 1.69 bits per heavy atom. The van der Waals surface area contributed by atoms with Crippen LogP contribution in [0.5, 0.6) is 11.5 Å². The third-order valence-corrected chi connectivity index (χ3v) is 6.65. The first-order valence-corrected chi connectivity index (χ1v) is 10.4. The van der Waals surface area contributed by atoms with E-state index in [9.17, 15) is 14.9 Å². The summed E-state index contributed by atoms with van der Waals surface area (Å²) < 4.78 is 11.0. The van der Waals surface area contributed by atoms with Gasteiger partial charge in [-0.2, -0.15) is 0 Å². The topological polar surface area (TPSA) is 103 Å². The molecular formula is C24H19N3O5. The van der Waals surface area contributed by atoms with Crippen LogP contribution >= 0.6 is 0 Å². The molecule has 0 radical (unpaired) electrons. The van der Waals surface area contributed by atoms with Crippen molar-refractivity contribution in [1.82, 2.24) is 5.32 Å². The summed E-state index contributed by atoms with van der Waals surface area (Å²) in [4.78, 5) is 25.8. The Balaban J connectivity index is 1.60. The molecule has 8 heteroatoms. The first-order valence-electron chi connectivity index (χ1n) is 10.4. The molecule has 0 aliphatic carbocycles. The van der Waals surface area contributed by atoms with E-state index in [4.69, 9.17) is 9.47 Å². The molecule has 3 aliphatic heterocycles. The van der Waals surface area contributed by atoms with E-state index >= 15 is 0 Å². The van der Waals surface area contributed by atoms with Crippen LogP contribution in [0.3, 0.4) is 0 Å². The standard InChI is InChI=1S/C24H19N3O5/c28-23-24(16-8-4-5-9-17(16)25-23)20(15-10-11-18-19(12-15)32-13-31-18)22(27(29)30)21(26-24)14-6-2-1-3-7-14/h1-12,20-22,26H,13H2,(H,25,28)/t20-,21-,22-,24+/m0/s1. The quantitative estimate of drug-likeness (QED) is 0.489. The minimum absolute atomic E-state index is 0.0987. The molecular weight excluding hydrogens is 410 g/mol. The molecule has 6 rings (SSSR count). The molecule has 4 atom stereocenters. The van der Waals surface area contributed by atoms with E-state index in [-0.39, 0.29) is 17.6 Å². The van der Waals surface area contributed by atoms with Crippen molar-refractivity contribution in [3.63, 3.8) is 0 Å². The summed E-state index contributed by atoms with van der Waals surface area (Å²) in [6, 6.07) is 20.1. The summed E-state index contributed by atoms with van der Waals surface area (Å²) in [6.07, 6.45) is 0. The predicted octanol–water partition coefficient (Wildman–Crippen LogP) is 3.34. The van der Waals surface area contributed by atoms with Gasteiger partial charge >= 0.3 is 0 Å². The highest BCUT2D eigenvalue weighted by atomic mass is 16.7. The maximum Gasteiger partial charge on any atom is 0.250 e. The van der Waals surface area contributed by atoms with Crippen LogP contribution in [0.1, 0.15) is 28.7 Å². The highest BCUT2D eigenvalue weighted by molar-refractivity contribution is 6.07. The van der Waals surface area contributed by atoms with Gasteiger partial charge in [0, 0.05) is 16.2 Å². The van der Waals surface area contributed by atoms with Gasteiger partial charge in [0.2, 0.25) is 18.7 Å². The number of hydrogen-bond donors (Lipinski definition) is 2. The number of hydrogen-bond acceptors (Lipinski definition) is 6. The van der Waals surface area contributed by atoms with Gasteiger partial charge in [-0.3, -0.25) is 20.2 Å². The molecule has 2 N–H and O–H groups in total. The van der Waals surface area contributed by atoms with Crippen molar-refractivity contribution in [2.24, 2.45) is 0 Å². The number of ether oxygens (including phenoxy) is 2. The molecule has 1 saturated heterocycles. The van der Waals surface area contributed by atoms with Crippen LogP contribution in [-0.2, 0) is 10.3 Å². The van der Waals surface area contributed by atoms with Gasteiger partial charge in [-0.1, -0.05) is 54.6 Å². The first kappa shape index (κ1) is 18.8. The van der Waals surface area contributed by atoms with Crippen molar-refractivity contribution in [2.75, 3.05) is 12.1 Å². The van der Waals surface area contributed by atoms with E-state index in [1.54, 1.807) is 18.2 Å². The maximum atomic E-state index is 13.6. The number of rotatable bonds is 3. The Morgan fingerprint density at radius 3 is 2.50 bits per heavy atom. The van der Waals surface area contributed by atoms with Crippen molar-refractivity contribution >= 4 is 11.6 Å². The number of nitrogens with one attached hydrogen (secondary N) is 2. The maximum absolute atomic E-state index is 13.6. The van der Waals surface area contributed by atoms with E-state index in [2.05, 4.69) is 10.6 Å². The Labute approximate surface area is 183 Å². The lowest BCUT2D eigenvalue weighted by Gasteiger charge is -2.29. The van der Waals surface area contributed by atoms with Crippen LogP contribution in [0.2, 0.25) is 0 Å². The second kappa shape index (κ2) is 6.80. The van der Waals surface area contributed by atoms with Crippen LogP contribution in [0.4, 0.5) is 5.69 Å². The van der Waals surface area contributed by atoms with Gasteiger partial charge in [-0.25, -0.2) is 0 Å². The average molecular weight is 429 g/mol. The number of carbonyl (C=O) groups excluding carboxylic acids is 1. The SMILES string of the molecule is O=C1Nc2ccccc2[C@]12N[C@@H](c1ccccc1)[C@@H]([N+](=O)[O-])[C@@H]2c1ccc2c(c1)OCO2. The zero-order valence-electron chi connectivity index (χ0n) is 16.9. The molecule has 0 aromatic heterocycles. The minimum atomic E-state index is -1.30. The van der Waals surface area contributed by atoms with Crippen molar-refractivity contribution in [2.45, 2.75) is 23.5 Å². The summed E-state index contributed by atoms with van der Waals surface area (Å²) in [5.41, 5.74) is 1.47. The van der Waals surface area contributed by atoms with Gasteiger partial charge in [-0.05, 0) is 29.3 Å². The Hall–Kier alpha value is -3.91. The van der Waals surface area contributed by atoms with E-state index in [0.29, 0.717) is 28.3 Å². The molecule has 3 heterocycles. The fourth-order valence-electron chi connectivity index (χ4n) is 5.34. The van der Waals surface area contributed by atoms with Gasteiger partial charge in [0.15, 0.2) is 11.5 Å². The van der Waals surface area contributed by atoms with Gasteiger partial charge in [0.1, 0.15) is 11.6 Å². The average Bonchev–Trinajstić information content (AvgIpc) is 3.49. The Bertz CT molecular complexity index is 1250. The van der Waals surface area contributed by atoms with Crippen molar-refractivity contribution in [3.05, 3.63) is 99.6 Å². The summed E-state index contributed by atoms with van der Waals surface area (Å²) in [7, 11) is 0. The minimum Gasteiger partial charge on any atom is -0.454 e. The number of nitrogens with zero attached hydrogens (tertiary/aromatic N) is 1. The summed E-state index contributed by atoms with van der Waals surface area (Å²) in [5.74, 6) is 0.0318. The molecule has 160 valence electrons. The van der Waals surface area contributed by atoms with Crippen molar-refractivity contribution in [3.8, 4) is 11.5 Å². The second-order valence-corrected chi connectivity index (χ2v) is 8.21. The molecule has 3 aromatic rings. The Kier molecular flexibility index (Phi) is 4.00. The van der Waals surface area contributed by atoms with E-state index in [0.717, 1.165) is 5.56 Å². The van der Waals surface area contributed by atoms with Gasteiger partial charge in [0.25, 0.3) is 0 Å². The molecule has 32 heavy (non-hydrogen) atoms. The van der Waals surface area contributed by atoms with Gasteiger partial charge in [0.05, 0.1) is 5.92 Å². The second-order valence-electron chi connectivity index (χ2n) is 8.21. The molecule has 0 saturated carbocycles. The Morgan fingerprint density at radius 1 is 0.938 bits per heavy atom. The summed E-state index contributed by atoms with van der Waals surface area (Å²) >= 11 is 0. The smallest absolute Gasteiger partial charge is 0.250 e. The summed E-state index contributed by atoms with van der Waals surface area (Å²) in [5, 5.41) is 18.9. The fraction of sp³-hybridized carbons (Fsp3) is 0.208. The number of nitro groups is 1. The number of carbonyl (C=O) groups is 1. The predicted molar refractivity (Wildman–Crippen MR) is 115 cm³/mol. The molecule has 1 fully saturated rings. The normalized spacial score (nSPS) is 27.4. The van der Waals surface area contributed by atoms with E-state index in [1.807, 2.05) is 54.6 Å². The molecule has 1 amide bonds. The number of fused-ring (bicyclic) bond motifs is 3. The fourth-order valence-corrected chi connectivity index (χ4v) is 5.34. The number of para-hydroxylation sites is 1. The van der Waals surface area contributed by atoms with E-state index in [1.165, 1.54) is 0 Å². The highest BCUT2D eigenvalue weighted by Crippen LogP contribution is 2.56. The first-order chi connectivity index (χ1) is 15.6. The molecule has 1 spiro atoms. The van der Waals surface area contributed by atoms with Gasteiger partial charge in [-0.15, -0.1) is 0 Å². The molecule has 0 unspecified atom stereocenters. The molecule has 0 bridgehead atoms. The third-order valence-electron chi connectivity index (χ3n) is 6.65. The monoisotopic (exact) mass is 429 g/mol. The van der Waals surface area contributed by atoms with Crippen molar-refractivity contribution < 1.29 is 19.2 Å². The third kappa shape index (κ3) is 2.50. The largest absolute Gasteiger partial charge is 0.454 e. The zero-order chi connectivity index (χ0) is 21.9. The van der Waals surface area contributed by atoms with Crippen LogP contribution < -0.4 is 20.1 Å². The van der Waals surface area contributed by atoms with E-state index < -0.39 is 23.5 Å². The molecule has 3 aliphatic rings. The number of amides is 1. The lowest BCUT2D eigenvalue weighted by molar-refractivity contribution is -0.527. The lowest BCUT2D eigenvalue weighted by Crippen LogP contribution is -2.48. The van der Waals surface area contributed by atoms with Crippen LogP contribution in [0.15, 0.2) is 72.8 Å². The lowest BCUT2D eigenvalue weighted by atomic mass is 9.74. The van der Waals surface area contributed by atoms with Crippen LogP contribution in [0, 0.1) is 10.1 Å². The van der Waals surface area contributed by atoms with Gasteiger partial charge < -0.3 is 14.8 Å². The van der Waals surface area contributed by atoms with Crippen LogP contribution in [-0.4, -0.2) is 23.7 Å². The summed E-state index contributed by atoms with van der Waals surface area (Å²) in [6.45, 7) is 0.0987. The number of anilines is 1.